The van der Waals surface area contributed by atoms with Gasteiger partial charge >= 0.3 is 0 Å². The molecule has 1 fully saturated rings. The predicted molar refractivity (Wildman–Crippen MR) is 71.4 cm³/mol. The molecule has 1 atom stereocenters. The van der Waals surface area contributed by atoms with E-state index in [4.69, 9.17) is 4.74 Å². The zero-order chi connectivity index (χ0) is 12.3. The Balaban J connectivity index is 1.77. The fraction of sp³-hybridized carbons (Fsp3) is 0.769. The van der Waals surface area contributed by atoms with E-state index in [2.05, 4.69) is 31.1 Å². The summed E-state index contributed by atoms with van der Waals surface area (Å²) in [5.74, 6) is 0.699. The minimum Gasteiger partial charge on any atom is -0.381 e. The average Bonchev–Trinajstić information content (AvgIpc) is 2.86. The van der Waals surface area contributed by atoms with Gasteiger partial charge in [-0.05, 0) is 12.3 Å². The van der Waals surface area contributed by atoms with Crippen LogP contribution in [0.5, 0.6) is 0 Å². The number of hydrogen-bond acceptors (Lipinski definition) is 4. The van der Waals surface area contributed by atoms with Crippen LogP contribution in [0.25, 0.3) is 0 Å². The lowest BCUT2D eigenvalue weighted by Crippen LogP contribution is -2.22. The number of thiazole rings is 1. The molecule has 1 aromatic heterocycles. The second-order valence-electron chi connectivity index (χ2n) is 5.74. The van der Waals surface area contributed by atoms with Gasteiger partial charge in [0.25, 0.3) is 0 Å². The Kier molecular flexibility index (Phi) is 4.17. The molecule has 0 amide bonds. The number of hydrogen-bond donors (Lipinski definition) is 1. The van der Waals surface area contributed by atoms with Crippen LogP contribution in [0.3, 0.4) is 0 Å². The molecule has 1 unspecified atom stereocenters. The third-order valence-corrected chi connectivity index (χ3v) is 4.37. The third kappa shape index (κ3) is 3.76. The molecule has 1 aliphatic rings. The number of nitrogens with one attached hydrogen (secondary N) is 1. The van der Waals surface area contributed by atoms with Gasteiger partial charge < -0.3 is 10.1 Å². The van der Waals surface area contributed by atoms with Crippen LogP contribution >= 0.6 is 11.3 Å². The summed E-state index contributed by atoms with van der Waals surface area (Å²) < 4.78 is 5.36. The van der Waals surface area contributed by atoms with Gasteiger partial charge in [-0.25, -0.2) is 4.98 Å². The average molecular weight is 254 g/mol. The van der Waals surface area contributed by atoms with Gasteiger partial charge in [-0.1, -0.05) is 20.8 Å². The summed E-state index contributed by atoms with van der Waals surface area (Å²) in [5, 5.41) is 4.72. The first-order valence-electron chi connectivity index (χ1n) is 6.29. The molecule has 0 radical (unpaired) electrons. The second kappa shape index (κ2) is 5.46. The van der Waals surface area contributed by atoms with Crippen molar-refractivity contribution in [3.05, 3.63) is 16.1 Å². The molecule has 2 rings (SSSR count). The molecule has 1 saturated heterocycles. The summed E-state index contributed by atoms with van der Waals surface area (Å²) in [7, 11) is 0. The number of ether oxygens (including phenoxy) is 1. The van der Waals surface area contributed by atoms with Gasteiger partial charge in [-0.15, -0.1) is 11.3 Å². The monoisotopic (exact) mass is 254 g/mol. The number of aromatic nitrogens is 1. The van der Waals surface area contributed by atoms with Crippen molar-refractivity contribution in [1.29, 1.82) is 0 Å². The third-order valence-electron chi connectivity index (χ3n) is 2.95. The highest BCUT2D eigenvalue weighted by atomic mass is 32.1. The molecular weight excluding hydrogens is 232 g/mol. The zero-order valence-electron chi connectivity index (χ0n) is 11.0. The van der Waals surface area contributed by atoms with Crippen molar-refractivity contribution < 1.29 is 4.74 Å². The molecule has 1 N–H and O–H groups in total. The molecule has 4 heteroatoms. The van der Waals surface area contributed by atoms with Gasteiger partial charge in [0.2, 0.25) is 0 Å². The van der Waals surface area contributed by atoms with E-state index < -0.39 is 0 Å². The Bertz CT molecular complexity index is 351. The summed E-state index contributed by atoms with van der Waals surface area (Å²) in [6, 6.07) is 0. The van der Waals surface area contributed by atoms with E-state index in [9.17, 15) is 0 Å². The number of rotatable bonds is 4. The molecule has 0 bridgehead atoms. The van der Waals surface area contributed by atoms with Gasteiger partial charge in [0, 0.05) is 36.2 Å². The van der Waals surface area contributed by atoms with Crippen molar-refractivity contribution in [1.82, 2.24) is 10.3 Å². The van der Waals surface area contributed by atoms with Crippen LogP contribution in [-0.4, -0.2) is 24.7 Å². The topological polar surface area (TPSA) is 34.2 Å². The van der Waals surface area contributed by atoms with Crippen molar-refractivity contribution in [2.75, 3.05) is 19.8 Å². The zero-order valence-corrected chi connectivity index (χ0v) is 11.8. The van der Waals surface area contributed by atoms with E-state index in [1.807, 2.05) is 17.5 Å². The van der Waals surface area contributed by atoms with Crippen molar-refractivity contribution in [3.63, 3.8) is 0 Å². The summed E-state index contributed by atoms with van der Waals surface area (Å²) >= 11 is 1.82. The van der Waals surface area contributed by atoms with Crippen molar-refractivity contribution in [3.8, 4) is 0 Å². The van der Waals surface area contributed by atoms with E-state index in [0.717, 1.165) is 26.3 Å². The van der Waals surface area contributed by atoms with E-state index in [1.165, 1.54) is 16.3 Å². The summed E-state index contributed by atoms with van der Waals surface area (Å²) in [6.07, 6.45) is 3.20. The van der Waals surface area contributed by atoms with Crippen molar-refractivity contribution in [2.24, 2.45) is 5.92 Å². The first kappa shape index (κ1) is 13.0. The fourth-order valence-corrected chi connectivity index (χ4v) is 2.82. The van der Waals surface area contributed by atoms with Crippen molar-refractivity contribution >= 4 is 11.3 Å². The Labute approximate surface area is 108 Å². The minimum absolute atomic E-state index is 0.169. The highest BCUT2D eigenvalue weighted by Crippen LogP contribution is 2.26. The Morgan fingerprint density at radius 3 is 2.94 bits per heavy atom. The SMILES string of the molecule is CC(C)(C)c1ncc(CNCC2CCOC2)s1. The van der Waals surface area contributed by atoms with Crippen LogP contribution in [-0.2, 0) is 16.7 Å². The lowest BCUT2D eigenvalue weighted by atomic mass is 9.98. The molecule has 1 aliphatic heterocycles. The number of nitrogens with zero attached hydrogens (tertiary/aromatic N) is 1. The van der Waals surface area contributed by atoms with Gasteiger partial charge in [0.1, 0.15) is 0 Å². The predicted octanol–water partition coefficient (Wildman–Crippen LogP) is 2.57. The first-order valence-corrected chi connectivity index (χ1v) is 7.11. The maximum Gasteiger partial charge on any atom is 0.0981 e. The Morgan fingerprint density at radius 2 is 2.35 bits per heavy atom. The van der Waals surface area contributed by atoms with Gasteiger partial charge in [0.15, 0.2) is 0 Å². The van der Waals surface area contributed by atoms with E-state index in [0.29, 0.717) is 5.92 Å². The smallest absolute Gasteiger partial charge is 0.0981 e. The molecule has 3 nitrogen and oxygen atoms in total. The van der Waals surface area contributed by atoms with Crippen LogP contribution in [0.1, 0.15) is 37.1 Å². The molecule has 1 aromatic rings. The fourth-order valence-electron chi connectivity index (χ4n) is 1.88. The quantitative estimate of drug-likeness (QED) is 0.896. The lowest BCUT2D eigenvalue weighted by Gasteiger charge is -2.13. The van der Waals surface area contributed by atoms with Crippen LogP contribution in [0.2, 0.25) is 0 Å². The largest absolute Gasteiger partial charge is 0.381 e. The van der Waals surface area contributed by atoms with E-state index in [-0.39, 0.29) is 5.41 Å². The van der Waals surface area contributed by atoms with Crippen LogP contribution in [0.15, 0.2) is 6.20 Å². The van der Waals surface area contributed by atoms with E-state index >= 15 is 0 Å². The molecule has 96 valence electrons. The standard InChI is InChI=1S/C13H22N2OS/c1-13(2,3)12-15-8-11(17-12)7-14-6-10-4-5-16-9-10/h8,10,14H,4-7,9H2,1-3H3. The van der Waals surface area contributed by atoms with Crippen LogP contribution in [0.4, 0.5) is 0 Å². The first-order chi connectivity index (χ1) is 8.05. The van der Waals surface area contributed by atoms with Gasteiger partial charge in [-0.2, -0.15) is 0 Å². The van der Waals surface area contributed by atoms with Gasteiger partial charge in [-0.3, -0.25) is 0 Å². The summed E-state index contributed by atoms with van der Waals surface area (Å²) in [6.45, 7) is 10.5. The molecule has 0 spiro atoms. The molecule has 2 heterocycles. The Morgan fingerprint density at radius 1 is 1.53 bits per heavy atom. The highest BCUT2D eigenvalue weighted by Gasteiger charge is 2.18. The minimum atomic E-state index is 0.169. The molecule has 17 heavy (non-hydrogen) atoms. The van der Waals surface area contributed by atoms with Crippen LogP contribution < -0.4 is 5.32 Å². The summed E-state index contributed by atoms with van der Waals surface area (Å²) in [4.78, 5) is 5.82. The maximum absolute atomic E-state index is 5.36. The maximum atomic E-state index is 5.36. The highest BCUT2D eigenvalue weighted by molar-refractivity contribution is 7.11. The lowest BCUT2D eigenvalue weighted by molar-refractivity contribution is 0.185. The normalized spacial score (nSPS) is 21.0. The van der Waals surface area contributed by atoms with Crippen molar-refractivity contribution in [2.45, 2.75) is 39.2 Å². The van der Waals surface area contributed by atoms with Crippen LogP contribution in [0, 0.1) is 5.92 Å². The summed E-state index contributed by atoms with van der Waals surface area (Å²) in [5.41, 5.74) is 0.169. The molecule has 0 aromatic carbocycles. The molecular formula is C13H22N2OS. The Hall–Kier alpha value is -0.450. The van der Waals surface area contributed by atoms with E-state index in [1.54, 1.807) is 0 Å². The molecule has 0 saturated carbocycles. The second-order valence-corrected chi connectivity index (χ2v) is 6.86. The van der Waals surface area contributed by atoms with Gasteiger partial charge in [0.05, 0.1) is 11.6 Å². The molecule has 0 aliphatic carbocycles.